The Labute approximate surface area is 218 Å². The highest BCUT2D eigenvalue weighted by atomic mass is 16.5. The molecule has 6 heteroatoms. The van der Waals surface area contributed by atoms with Crippen molar-refractivity contribution in [1.29, 1.82) is 0 Å². The number of nitrogens with zero attached hydrogens (tertiary/aromatic N) is 2. The van der Waals surface area contributed by atoms with Crippen molar-refractivity contribution >= 4 is 11.9 Å². The van der Waals surface area contributed by atoms with Crippen LogP contribution in [0, 0.1) is 0 Å². The summed E-state index contributed by atoms with van der Waals surface area (Å²) in [6, 6.07) is 22.9. The molecule has 1 amide bonds. The molecule has 2 atom stereocenters. The molecule has 2 N–H and O–H groups in total. The molecule has 3 aliphatic rings. The summed E-state index contributed by atoms with van der Waals surface area (Å²) in [5, 5.41) is 0. The summed E-state index contributed by atoms with van der Waals surface area (Å²) < 4.78 is 12.1. The van der Waals surface area contributed by atoms with E-state index in [4.69, 9.17) is 20.2 Å². The van der Waals surface area contributed by atoms with Crippen LogP contribution in [0.5, 0.6) is 11.5 Å². The second-order valence-corrected chi connectivity index (χ2v) is 10.9. The van der Waals surface area contributed by atoms with Gasteiger partial charge >= 0.3 is 0 Å². The minimum absolute atomic E-state index is 0.119. The van der Waals surface area contributed by atoms with Crippen LogP contribution in [0.1, 0.15) is 55.2 Å². The van der Waals surface area contributed by atoms with Crippen LogP contribution in [-0.4, -0.2) is 36.5 Å². The topological polar surface area (TPSA) is 77.2 Å². The van der Waals surface area contributed by atoms with Crippen LogP contribution in [0.2, 0.25) is 0 Å². The first-order chi connectivity index (χ1) is 17.8. The molecule has 1 aliphatic carbocycles. The Kier molecular flexibility index (Phi) is 5.51. The number of methoxy groups -OCH3 is 1. The lowest BCUT2D eigenvalue weighted by atomic mass is 9.74. The highest BCUT2D eigenvalue weighted by Gasteiger charge is 2.56. The number of rotatable bonds is 5. The summed E-state index contributed by atoms with van der Waals surface area (Å²) in [5.41, 5.74) is 9.86. The molecule has 0 bridgehead atoms. The second-order valence-electron chi connectivity index (χ2n) is 10.9. The lowest BCUT2D eigenvalue weighted by molar-refractivity contribution is -0.133. The monoisotopic (exact) mass is 495 g/mol. The number of hydrogen-bond acceptors (Lipinski definition) is 5. The maximum atomic E-state index is 13.8. The van der Waals surface area contributed by atoms with E-state index >= 15 is 0 Å². The van der Waals surface area contributed by atoms with Crippen molar-refractivity contribution < 1.29 is 14.3 Å². The van der Waals surface area contributed by atoms with E-state index in [-0.39, 0.29) is 11.9 Å². The van der Waals surface area contributed by atoms with Crippen LogP contribution in [0.25, 0.3) is 11.1 Å². The molecule has 190 valence electrons. The van der Waals surface area contributed by atoms with E-state index in [0.717, 1.165) is 28.0 Å². The highest BCUT2D eigenvalue weighted by Crippen LogP contribution is 2.51. The first-order valence-corrected chi connectivity index (χ1v) is 13.0. The Morgan fingerprint density at radius 2 is 1.86 bits per heavy atom. The maximum absolute atomic E-state index is 13.8. The van der Waals surface area contributed by atoms with Crippen molar-refractivity contribution in [3.63, 3.8) is 0 Å². The SMILES string of the molecule is COc1cccc(CC2(C)CC3(N=C(N)N(C)C3=O)c3cc(-c4cccc(C5CCC5)c4)ccc3O2)c1. The average molecular weight is 496 g/mol. The van der Waals surface area contributed by atoms with Gasteiger partial charge in [-0.05, 0) is 72.2 Å². The lowest BCUT2D eigenvalue weighted by Crippen LogP contribution is -2.51. The zero-order valence-electron chi connectivity index (χ0n) is 21.7. The smallest absolute Gasteiger partial charge is 0.261 e. The van der Waals surface area contributed by atoms with Gasteiger partial charge in [0.2, 0.25) is 0 Å². The Morgan fingerprint density at radius 3 is 2.57 bits per heavy atom. The van der Waals surface area contributed by atoms with Gasteiger partial charge in [-0.1, -0.05) is 48.9 Å². The third-order valence-corrected chi connectivity index (χ3v) is 8.23. The van der Waals surface area contributed by atoms with Gasteiger partial charge in [-0.15, -0.1) is 0 Å². The number of benzene rings is 3. The van der Waals surface area contributed by atoms with Gasteiger partial charge in [0.25, 0.3) is 5.91 Å². The van der Waals surface area contributed by atoms with Crippen LogP contribution in [0.15, 0.2) is 71.7 Å². The van der Waals surface area contributed by atoms with Gasteiger partial charge in [-0.3, -0.25) is 9.69 Å². The van der Waals surface area contributed by atoms with Crippen molar-refractivity contribution in [2.45, 2.75) is 56.1 Å². The molecule has 6 nitrogen and oxygen atoms in total. The van der Waals surface area contributed by atoms with Crippen molar-refractivity contribution in [2.75, 3.05) is 14.2 Å². The molecule has 0 saturated heterocycles. The number of ether oxygens (including phenoxy) is 2. The van der Waals surface area contributed by atoms with Gasteiger partial charge in [0.1, 0.15) is 17.1 Å². The molecule has 2 unspecified atom stereocenters. The molecule has 2 heterocycles. The molecular formula is C31H33N3O3. The van der Waals surface area contributed by atoms with E-state index in [1.165, 1.54) is 29.7 Å². The second kappa shape index (κ2) is 8.65. The van der Waals surface area contributed by atoms with Crippen LogP contribution >= 0.6 is 0 Å². The number of aliphatic imine (C=N–C) groups is 1. The molecular weight excluding hydrogens is 462 g/mol. The van der Waals surface area contributed by atoms with Crippen molar-refractivity contribution in [3.05, 3.63) is 83.4 Å². The van der Waals surface area contributed by atoms with E-state index in [9.17, 15) is 4.79 Å². The van der Waals surface area contributed by atoms with E-state index in [2.05, 4.69) is 42.5 Å². The minimum Gasteiger partial charge on any atom is -0.497 e. The van der Waals surface area contributed by atoms with E-state index in [1.807, 2.05) is 31.2 Å². The normalized spacial score (nSPS) is 24.9. The fourth-order valence-electron chi connectivity index (χ4n) is 6.08. The van der Waals surface area contributed by atoms with Crippen molar-refractivity contribution in [1.82, 2.24) is 4.90 Å². The Balaban J connectivity index is 1.43. The first-order valence-electron chi connectivity index (χ1n) is 13.0. The number of guanidine groups is 1. The predicted octanol–water partition coefficient (Wildman–Crippen LogP) is 5.40. The summed E-state index contributed by atoms with van der Waals surface area (Å²) in [4.78, 5) is 20.1. The molecule has 3 aromatic carbocycles. The zero-order chi connectivity index (χ0) is 25.8. The van der Waals surface area contributed by atoms with Gasteiger partial charge in [-0.25, -0.2) is 4.99 Å². The summed E-state index contributed by atoms with van der Waals surface area (Å²) in [6.07, 6.45) is 4.80. The Bertz CT molecular complexity index is 1410. The average Bonchev–Trinajstić information content (AvgIpc) is 3.06. The van der Waals surface area contributed by atoms with Crippen LogP contribution < -0.4 is 15.2 Å². The molecule has 3 aromatic rings. The Hall–Kier alpha value is -3.80. The number of fused-ring (bicyclic) bond motifs is 2. The maximum Gasteiger partial charge on any atom is 0.261 e. The predicted molar refractivity (Wildman–Crippen MR) is 145 cm³/mol. The number of hydrogen-bond donors (Lipinski definition) is 1. The van der Waals surface area contributed by atoms with E-state index in [0.29, 0.717) is 24.5 Å². The quantitative estimate of drug-likeness (QED) is 0.514. The highest BCUT2D eigenvalue weighted by molar-refractivity contribution is 6.07. The number of nitrogens with two attached hydrogens (primary N) is 1. The minimum atomic E-state index is -1.12. The third kappa shape index (κ3) is 3.95. The lowest BCUT2D eigenvalue weighted by Gasteiger charge is -2.43. The number of carbonyl (C=O) groups excluding carboxylic acids is 1. The molecule has 1 fully saturated rings. The fraction of sp³-hybridized carbons (Fsp3) is 0.355. The van der Waals surface area contributed by atoms with Gasteiger partial charge in [0.05, 0.1) is 7.11 Å². The Morgan fingerprint density at radius 1 is 1.08 bits per heavy atom. The van der Waals surface area contributed by atoms with Gasteiger partial charge in [0, 0.05) is 25.5 Å². The molecule has 0 aromatic heterocycles. The van der Waals surface area contributed by atoms with E-state index < -0.39 is 11.1 Å². The summed E-state index contributed by atoms with van der Waals surface area (Å²) in [6.45, 7) is 2.05. The largest absolute Gasteiger partial charge is 0.497 e. The fourth-order valence-corrected chi connectivity index (χ4v) is 6.08. The number of carbonyl (C=O) groups is 1. The zero-order valence-corrected chi connectivity index (χ0v) is 21.7. The number of amides is 1. The summed E-state index contributed by atoms with van der Waals surface area (Å²) in [7, 11) is 3.35. The standard InChI is InChI=1S/C31H33N3O3/c1-30(18-20-7-4-12-25(15-20)36-3)19-31(28(35)34(2)29(32)33-31)26-17-24(13-14-27(26)37-30)23-11-6-10-22(16-23)21-8-5-9-21/h4,6-7,10-17,21H,5,8-9,18-19H2,1-3H3,(H2,32,33). The van der Waals surface area contributed by atoms with Gasteiger partial charge in [0.15, 0.2) is 11.5 Å². The molecule has 2 aliphatic heterocycles. The molecule has 6 rings (SSSR count). The van der Waals surface area contributed by atoms with Crippen molar-refractivity contribution in [3.8, 4) is 22.6 Å². The molecule has 1 saturated carbocycles. The van der Waals surface area contributed by atoms with Crippen LogP contribution in [-0.2, 0) is 16.8 Å². The third-order valence-electron chi connectivity index (χ3n) is 8.23. The van der Waals surface area contributed by atoms with Crippen molar-refractivity contribution in [2.24, 2.45) is 10.7 Å². The van der Waals surface area contributed by atoms with Crippen LogP contribution in [0.3, 0.4) is 0 Å². The molecule has 37 heavy (non-hydrogen) atoms. The van der Waals surface area contributed by atoms with Gasteiger partial charge in [-0.2, -0.15) is 0 Å². The summed E-state index contributed by atoms with van der Waals surface area (Å²) in [5.74, 6) is 2.24. The summed E-state index contributed by atoms with van der Waals surface area (Å²) >= 11 is 0. The molecule has 0 radical (unpaired) electrons. The van der Waals surface area contributed by atoms with Gasteiger partial charge < -0.3 is 15.2 Å². The van der Waals surface area contributed by atoms with Crippen LogP contribution in [0.4, 0.5) is 0 Å². The van der Waals surface area contributed by atoms with E-state index in [1.54, 1.807) is 14.2 Å². The number of likely N-dealkylation sites (N-methyl/N-ethyl adjacent to an activating group) is 1. The first kappa shape index (κ1) is 23.6. The molecule has 1 spiro atoms.